The second-order valence-corrected chi connectivity index (χ2v) is 9.15. The average Bonchev–Trinajstić information content (AvgIpc) is 3.19. The van der Waals surface area contributed by atoms with E-state index in [2.05, 4.69) is 39.8 Å². The van der Waals surface area contributed by atoms with Crippen LogP contribution in [0.3, 0.4) is 0 Å². The number of hydrogen-bond acceptors (Lipinski definition) is 2. The van der Waals surface area contributed by atoms with E-state index in [0.717, 1.165) is 19.3 Å². The molecule has 0 aromatic rings. The Labute approximate surface area is 134 Å². The van der Waals surface area contributed by atoms with Gasteiger partial charge in [0, 0.05) is 5.41 Å². The number of ether oxygens (including phenoxy) is 1. The topological polar surface area (TPSA) is 26.3 Å². The van der Waals surface area contributed by atoms with E-state index in [1.54, 1.807) is 0 Å². The Balaban J connectivity index is 1.59. The van der Waals surface area contributed by atoms with Crippen molar-refractivity contribution in [3.8, 4) is 0 Å². The molecule has 6 atom stereocenters. The van der Waals surface area contributed by atoms with E-state index in [1.807, 2.05) is 0 Å². The van der Waals surface area contributed by atoms with Crippen molar-refractivity contribution < 1.29 is 9.53 Å². The summed E-state index contributed by atoms with van der Waals surface area (Å²) >= 11 is 0. The van der Waals surface area contributed by atoms with Crippen molar-refractivity contribution in [1.82, 2.24) is 0 Å². The molecule has 4 aliphatic rings. The van der Waals surface area contributed by atoms with E-state index in [9.17, 15) is 4.79 Å². The van der Waals surface area contributed by atoms with Crippen molar-refractivity contribution in [2.24, 2.45) is 34.5 Å². The molecule has 0 N–H and O–H groups in total. The number of rotatable bonds is 3. The molecule has 0 aromatic carbocycles. The SMILES string of the molecule is CCC1(OC(=O)C2CC3C=CC2C3)CC2CCC1(C)C2(C)C. The van der Waals surface area contributed by atoms with Gasteiger partial charge in [-0.3, -0.25) is 4.79 Å². The summed E-state index contributed by atoms with van der Waals surface area (Å²) in [7, 11) is 0. The minimum atomic E-state index is -0.220. The molecular weight excluding hydrogens is 272 g/mol. The fraction of sp³-hybridized carbons (Fsp3) is 0.850. The standard InChI is InChI=1S/C20H30O2/c1-5-20(12-15-8-9-19(20,4)18(15,2)3)22-17(21)16-11-13-6-7-14(16)10-13/h6-7,13-16H,5,8-12H2,1-4H3. The van der Waals surface area contributed by atoms with Crippen LogP contribution in [0, 0.1) is 34.5 Å². The molecule has 2 nitrogen and oxygen atoms in total. The van der Waals surface area contributed by atoms with Gasteiger partial charge in [0.15, 0.2) is 0 Å². The third-order valence-corrected chi connectivity index (χ3v) is 8.47. The highest BCUT2D eigenvalue weighted by molar-refractivity contribution is 5.74. The number of carbonyl (C=O) groups excluding carboxylic acids is 1. The highest BCUT2D eigenvalue weighted by atomic mass is 16.6. The van der Waals surface area contributed by atoms with E-state index < -0.39 is 0 Å². The first kappa shape index (κ1) is 14.8. The van der Waals surface area contributed by atoms with Crippen LogP contribution in [-0.4, -0.2) is 11.6 Å². The number of esters is 1. The molecule has 4 aliphatic carbocycles. The second kappa shape index (κ2) is 4.39. The molecule has 0 heterocycles. The van der Waals surface area contributed by atoms with Crippen LogP contribution in [0.4, 0.5) is 0 Å². The molecule has 3 fully saturated rings. The molecular formula is C20H30O2. The fourth-order valence-corrected chi connectivity index (χ4v) is 6.47. The van der Waals surface area contributed by atoms with Gasteiger partial charge < -0.3 is 4.74 Å². The van der Waals surface area contributed by atoms with Crippen LogP contribution in [0.25, 0.3) is 0 Å². The molecule has 4 rings (SSSR count). The predicted octanol–water partition coefficient (Wildman–Crippen LogP) is 4.74. The second-order valence-electron chi connectivity index (χ2n) is 9.15. The van der Waals surface area contributed by atoms with Gasteiger partial charge >= 0.3 is 5.97 Å². The molecule has 6 unspecified atom stereocenters. The molecule has 0 saturated heterocycles. The summed E-state index contributed by atoms with van der Waals surface area (Å²) in [4.78, 5) is 12.9. The van der Waals surface area contributed by atoms with Crippen molar-refractivity contribution >= 4 is 5.97 Å². The van der Waals surface area contributed by atoms with Gasteiger partial charge in [0.25, 0.3) is 0 Å². The monoisotopic (exact) mass is 302 g/mol. The van der Waals surface area contributed by atoms with E-state index in [-0.39, 0.29) is 28.3 Å². The van der Waals surface area contributed by atoms with Crippen LogP contribution in [0.5, 0.6) is 0 Å². The Hall–Kier alpha value is -0.790. The van der Waals surface area contributed by atoms with Crippen LogP contribution in [0.1, 0.15) is 66.2 Å². The van der Waals surface area contributed by atoms with Crippen molar-refractivity contribution in [3.63, 3.8) is 0 Å². The highest BCUT2D eigenvalue weighted by Gasteiger charge is 2.70. The van der Waals surface area contributed by atoms with Crippen LogP contribution >= 0.6 is 0 Å². The molecule has 4 bridgehead atoms. The fourth-order valence-electron chi connectivity index (χ4n) is 6.47. The minimum Gasteiger partial charge on any atom is -0.458 e. The lowest BCUT2D eigenvalue weighted by molar-refractivity contribution is -0.185. The zero-order chi connectivity index (χ0) is 15.8. The molecule has 0 amide bonds. The number of carbonyl (C=O) groups is 1. The van der Waals surface area contributed by atoms with E-state index in [0.29, 0.717) is 17.8 Å². The largest absolute Gasteiger partial charge is 0.458 e. The van der Waals surface area contributed by atoms with Gasteiger partial charge in [-0.15, -0.1) is 0 Å². The van der Waals surface area contributed by atoms with Crippen molar-refractivity contribution in [2.45, 2.75) is 71.8 Å². The van der Waals surface area contributed by atoms with Crippen LogP contribution in [0.15, 0.2) is 12.2 Å². The van der Waals surface area contributed by atoms with Crippen LogP contribution in [0.2, 0.25) is 0 Å². The smallest absolute Gasteiger partial charge is 0.310 e. The molecule has 22 heavy (non-hydrogen) atoms. The van der Waals surface area contributed by atoms with Crippen LogP contribution < -0.4 is 0 Å². The lowest BCUT2D eigenvalue weighted by Gasteiger charge is -2.48. The lowest BCUT2D eigenvalue weighted by Crippen LogP contribution is -2.50. The average molecular weight is 302 g/mol. The molecule has 2 heteroatoms. The summed E-state index contributed by atoms with van der Waals surface area (Å²) in [6.07, 6.45) is 11.3. The summed E-state index contributed by atoms with van der Waals surface area (Å²) in [5.74, 6) is 2.02. The summed E-state index contributed by atoms with van der Waals surface area (Å²) in [6.45, 7) is 9.40. The quantitative estimate of drug-likeness (QED) is 0.556. The minimum absolute atomic E-state index is 0.100. The summed E-state index contributed by atoms with van der Waals surface area (Å²) < 4.78 is 6.38. The summed E-state index contributed by atoms with van der Waals surface area (Å²) in [5.41, 5.74) is 0.211. The molecule has 3 saturated carbocycles. The third-order valence-electron chi connectivity index (χ3n) is 8.47. The highest BCUT2D eigenvalue weighted by Crippen LogP contribution is 2.71. The van der Waals surface area contributed by atoms with Gasteiger partial charge in [0.2, 0.25) is 0 Å². The molecule has 0 radical (unpaired) electrons. The first-order chi connectivity index (χ1) is 10.3. The van der Waals surface area contributed by atoms with Gasteiger partial charge in [-0.25, -0.2) is 0 Å². The Morgan fingerprint density at radius 2 is 2.00 bits per heavy atom. The van der Waals surface area contributed by atoms with Crippen molar-refractivity contribution in [1.29, 1.82) is 0 Å². The number of fused-ring (bicyclic) bond motifs is 4. The predicted molar refractivity (Wildman–Crippen MR) is 87.2 cm³/mol. The van der Waals surface area contributed by atoms with Gasteiger partial charge in [-0.1, -0.05) is 39.8 Å². The van der Waals surface area contributed by atoms with E-state index >= 15 is 0 Å². The first-order valence-electron chi connectivity index (χ1n) is 9.24. The van der Waals surface area contributed by atoms with E-state index in [1.165, 1.54) is 19.3 Å². The Bertz CT molecular complexity index is 534. The first-order valence-corrected chi connectivity index (χ1v) is 9.24. The van der Waals surface area contributed by atoms with Gasteiger partial charge in [0.1, 0.15) is 5.60 Å². The maximum absolute atomic E-state index is 12.9. The van der Waals surface area contributed by atoms with Crippen molar-refractivity contribution in [2.75, 3.05) is 0 Å². The number of allylic oxidation sites excluding steroid dienone is 2. The van der Waals surface area contributed by atoms with Gasteiger partial charge in [-0.05, 0) is 61.7 Å². The Morgan fingerprint density at radius 1 is 1.23 bits per heavy atom. The molecule has 0 aliphatic heterocycles. The lowest BCUT2D eigenvalue weighted by atomic mass is 9.63. The number of hydrogen-bond donors (Lipinski definition) is 0. The zero-order valence-corrected chi connectivity index (χ0v) is 14.5. The van der Waals surface area contributed by atoms with Gasteiger partial charge in [0.05, 0.1) is 5.92 Å². The molecule has 0 aromatic heterocycles. The Morgan fingerprint density at radius 3 is 2.45 bits per heavy atom. The zero-order valence-electron chi connectivity index (χ0n) is 14.5. The Kier molecular flexibility index (Phi) is 2.95. The molecule has 122 valence electrons. The maximum atomic E-state index is 12.9. The van der Waals surface area contributed by atoms with Crippen molar-refractivity contribution in [3.05, 3.63) is 12.2 Å². The van der Waals surface area contributed by atoms with Gasteiger partial charge in [-0.2, -0.15) is 0 Å². The maximum Gasteiger partial charge on any atom is 0.310 e. The summed E-state index contributed by atoms with van der Waals surface area (Å²) in [5, 5.41) is 0. The van der Waals surface area contributed by atoms with Crippen LogP contribution in [-0.2, 0) is 9.53 Å². The third kappa shape index (κ3) is 1.59. The molecule has 0 spiro atoms. The normalized spacial score (nSPS) is 50.7. The van der Waals surface area contributed by atoms with E-state index in [4.69, 9.17) is 4.74 Å². The summed E-state index contributed by atoms with van der Waals surface area (Å²) in [6, 6.07) is 0.